The summed E-state index contributed by atoms with van der Waals surface area (Å²) in [5, 5.41) is 12.2. The molecule has 0 aliphatic rings. The van der Waals surface area contributed by atoms with Gasteiger partial charge in [0.05, 0.1) is 19.8 Å². The summed E-state index contributed by atoms with van der Waals surface area (Å²) in [5.74, 6) is 0.308. The van der Waals surface area contributed by atoms with E-state index in [4.69, 9.17) is 18.9 Å². The third kappa shape index (κ3) is 7.84. The number of carbonyl (C=O) groups excluding carboxylic acids is 2. The second-order valence-electron chi connectivity index (χ2n) is 6.43. The number of hydrogen-bond acceptors (Lipinski definition) is 7. The van der Waals surface area contributed by atoms with E-state index >= 15 is 0 Å². The summed E-state index contributed by atoms with van der Waals surface area (Å²) >= 11 is 3.42. The van der Waals surface area contributed by atoms with Crippen LogP contribution in [0.3, 0.4) is 0 Å². The average Bonchev–Trinajstić information content (AvgIpc) is 2.79. The Bertz CT molecular complexity index is 1040. The maximum Gasteiger partial charge on any atom is 0.344 e. The highest BCUT2D eigenvalue weighted by atomic mass is 79.9. The second kappa shape index (κ2) is 13.1. The van der Waals surface area contributed by atoms with Gasteiger partial charge in [-0.3, -0.25) is 4.79 Å². The average molecular weight is 517 g/mol. The van der Waals surface area contributed by atoms with Gasteiger partial charge in [0.15, 0.2) is 18.1 Å². The van der Waals surface area contributed by atoms with Crippen molar-refractivity contribution >= 4 is 39.6 Å². The molecule has 1 N–H and O–H groups in total. The maximum absolute atomic E-state index is 12.6. The van der Waals surface area contributed by atoms with Crippen LogP contribution in [0.2, 0.25) is 0 Å². The highest BCUT2D eigenvalue weighted by Gasteiger charge is 2.15. The molecule has 0 spiro atoms. The van der Waals surface area contributed by atoms with Gasteiger partial charge in [-0.05, 0) is 68.8 Å². The van der Waals surface area contributed by atoms with Crippen LogP contribution >= 0.6 is 15.9 Å². The minimum absolute atomic E-state index is 0.104. The number of amides is 1. The van der Waals surface area contributed by atoms with Gasteiger partial charge in [-0.15, -0.1) is 0 Å². The quantitative estimate of drug-likeness (QED) is 0.261. The highest BCUT2D eigenvalue weighted by molar-refractivity contribution is 9.10. The summed E-state index contributed by atoms with van der Waals surface area (Å²) in [7, 11) is 0. The topological polar surface area (TPSA) is 107 Å². The van der Waals surface area contributed by atoms with Crippen molar-refractivity contribution < 1.29 is 28.5 Å². The van der Waals surface area contributed by atoms with Gasteiger partial charge in [0.2, 0.25) is 0 Å². The molecule has 0 saturated carbocycles. The van der Waals surface area contributed by atoms with Gasteiger partial charge in [0, 0.05) is 10.2 Å². The summed E-state index contributed by atoms with van der Waals surface area (Å²) < 4.78 is 21.9. The Kier molecular flexibility index (Phi) is 10.2. The van der Waals surface area contributed by atoms with Crippen molar-refractivity contribution in [2.24, 2.45) is 0 Å². The van der Waals surface area contributed by atoms with Crippen LogP contribution in [-0.4, -0.2) is 38.3 Å². The van der Waals surface area contributed by atoms with E-state index in [1.165, 1.54) is 6.08 Å². The van der Waals surface area contributed by atoms with Crippen LogP contribution in [0.5, 0.6) is 17.2 Å². The minimum Gasteiger partial charge on any atom is -0.494 e. The van der Waals surface area contributed by atoms with E-state index in [1.807, 2.05) is 13.0 Å². The predicted octanol–water partition coefficient (Wildman–Crippen LogP) is 4.73. The van der Waals surface area contributed by atoms with Gasteiger partial charge >= 0.3 is 5.97 Å². The lowest BCUT2D eigenvalue weighted by atomic mass is 10.1. The van der Waals surface area contributed by atoms with Crippen molar-refractivity contribution in [2.45, 2.75) is 20.8 Å². The van der Waals surface area contributed by atoms with Gasteiger partial charge in [-0.1, -0.05) is 15.9 Å². The van der Waals surface area contributed by atoms with Crippen LogP contribution < -0.4 is 19.5 Å². The van der Waals surface area contributed by atoms with Crippen LogP contribution in [0.25, 0.3) is 6.08 Å². The molecule has 0 bridgehead atoms. The summed E-state index contributed by atoms with van der Waals surface area (Å²) in [5.41, 5.74) is 0.953. The van der Waals surface area contributed by atoms with E-state index in [0.29, 0.717) is 46.2 Å². The normalized spacial score (nSPS) is 10.7. The number of hydrogen-bond donors (Lipinski definition) is 1. The SMILES string of the molecule is CCOC(=O)COc1cc(Br)c(/C=C(\C#N)C(=O)Nc2ccc(OCC)cc2)cc1OCC. The summed E-state index contributed by atoms with van der Waals surface area (Å²) in [6.45, 7) is 6.26. The summed E-state index contributed by atoms with van der Waals surface area (Å²) in [6.07, 6.45) is 1.44. The molecule has 0 aliphatic carbocycles. The number of carbonyl (C=O) groups is 2. The Morgan fingerprint density at radius 2 is 1.67 bits per heavy atom. The molecule has 33 heavy (non-hydrogen) atoms. The standard InChI is InChI=1S/C24H25BrN2O6/c1-4-30-19-9-7-18(8-10-19)27-24(29)17(14-26)11-16-12-21(31-5-2)22(13-20(16)25)33-15-23(28)32-6-3/h7-13H,4-6,15H2,1-3H3,(H,27,29)/b17-11+. The number of halogens is 1. The van der Waals surface area contributed by atoms with E-state index in [-0.39, 0.29) is 18.8 Å². The first-order valence-corrected chi connectivity index (χ1v) is 11.1. The number of nitrogens with zero attached hydrogens (tertiary/aromatic N) is 1. The van der Waals surface area contributed by atoms with Gasteiger partial charge in [-0.2, -0.15) is 5.26 Å². The van der Waals surface area contributed by atoms with Gasteiger partial charge < -0.3 is 24.3 Å². The fraction of sp³-hybridized carbons (Fsp3) is 0.292. The molecule has 0 saturated heterocycles. The first-order valence-electron chi connectivity index (χ1n) is 10.3. The number of nitrogens with one attached hydrogen (secondary N) is 1. The molecule has 0 atom stereocenters. The Balaban J connectivity index is 2.24. The Morgan fingerprint density at radius 1 is 1.00 bits per heavy atom. The van der Waals surface area contributed by atoms with Gasteiger partial charge in [0.1, 0.15) is 17.4 Å². The van der Waals surface area contributed by atoms with Crippen LogP contribution in [-0.2, 0) is 14.3 Å². The maximum atomic E-state index is 12.6. The van der Waals surface area contributed by atoms with Crippen molar-refractivity contribution in [3.05, 3.63) is 52.0 Å². The Hall–Kier alpha value is -3.51. The summed E-state index contributed by atoms with van der Waals surface area (Å²) in [6, 6.07) is 12.0. The lowest BCUT2D eigenvalue weighted by molar-refractivity contribution is -0.145. The molecule has 174 valence electrons. The predicted molar refractivity (Wildman–Crippen MR) is 127 cm³/mol. The number of rotatable bonds is 11. The largest absolute Gasteiger partial charge is 0.494 e. The van der Waals surface area contributed by atoms with E-state index in [2.05, 4.69) is 21.2 Å². The first kappa shape index (κ1) is 25.7. The second-order valence-corrected chi connectivity index (χ2v) is 7.28. The zero-order valence-corrected chi connectivity index (χ0v) is 20.2. The van der Waals surface area contributed by atoms with E-state index in [0.717, 1.165) is 0 Å². The number of nitriles is 1. The van der Waals surface area contributed by atoms with Crippen molar-refractivity contribution in [1.29, 1.82) is 5.26 Å². The van der Waals surface area contributed by atoms with Crippen LogP contribution in [0.15, 0.2) is 46.4 Å². The lowest BCUT2D eigenvalue weighted by Crippen LogP contribution is -2.15. The molecule has 1 amide bonds. The molecule has 0 aromatic heterocycles. The van der Waals surface area contributed by atoms with Crippen molar-refractivity contribution in [2.75, 3.05) is 31.7 Å². The fourth-order valence-corrected chi connectivity index (χ4v) is 3.12. The van der Waals surface area contributed by atoms with E-state index in [9.17, 15) is 14.9 Å². The number of esters is 1. The molecule has 9 heteroatoms. The molecule has 2 aromatic rings. The van der Waals surface area contributed by atoms with E-state index in [1.54, 1.807) is 50.2 Å². The molecular weight excluding hydrogens is 492 g/mol. The first-order chi connectivity index (χ1) is 15.9. The molecule has 8 nitrogen and oxygen atoms in total. The molecule has 0 radical (unpaired) electrons. The third-order valence-corrected chi connectivity index (χ3v) is 4.79. The zero-order chi connectivity index (χ0) is 24.2. The summed E-state index contributed by atoms with van der Waals surface area (Å²) in [4.78, 5) is 24.2. The monoisotopic (exact) mass is 516 g/mol. The smallest absolute Gasteiger partial charge is 0.344 e. The highest BCUT2D eigenvalue weighted by Crippen LogP contribution is 2.35. The zero-order valence-electron chi connectivity index (χ0n) is 18.6. The van der Waals surface area contributed by atoms with Gasteiger partial charge in [0.25, 0.3) is 5.91 Å². The van der Waals surface area contributed by atoms with Crippen molar-refractivity contribution in [3.63, 3.8) is 0 Å². The lowest BCUT2D eigenvalue weighted by Gasteiger charge is -2.14. The van der Waals surface area contributed by atoms with Crippen LogP contribution in [0.1, 0.15) is 26.3 Å². The minimum atomic E-state index is -0.561. The molecular formula is C24H25BrN2O6. The van der Waals surface area contributed by atoms with Crippen molar-refractivity contribution in [1.82, 2.24) is 0 Å². The number of ether oxygens (including phenoxy) is 4. The molecule has 0 heterocycles. The molecule has 2 rings (SSSR count). The third-order valence-electron chi connectivity index (χ3n) is 4.10. The van der Waals surface area contributed by atoms with Crippen molar-refractivity contribution in [3.8, 4) is 23.3 Å². The Morgan fingerprint density at radius 3 is 2.27 bits per heavy atom. The molecule has 0 unspecified atom stereocenters. The van der Waals surface area contributed by atoms with E-state index < -0.39 is 11.9 Å². The molecule has 0 fully saturated rings. The number of anilines is 1. The molecule has 0 aliphatic heterocycles. The molecule has 2 aromatic carbocycles. The number of benzene rings is 2. The van der Waals surface area contributed by atoms with Crippen LogP contribution in [0, 0.1) is 11.3 Å². The van der Waals surface area contributed by atoms with Crippen LogP contribution in [0.4, 0.5) is 5.69 Å². The fourth-order valence-electron chi connectivity index (χ4n) is 2.69. The van der Waals surface area contributed by atoms with Gasteiger partial charge in [-0.25, -0.2) is 4.79 Å². The Labute approximate surface area is 201 Å².